The second kappa shape index (κ2) is 22.5. The van der Waals surface area contributed by atoms with Crippen LogP contribution in [0.2, 0.25) is 0 Å². The number of phosphoric acid groups is 1. The molecule has 1 aromatic rings. The molecule has 0 aliphatic heterocycles. The molecule has 38 heavy (non-hydrogen) atoms. The summed E-state index contributed by atoms with van der Waals surface area (Å²) in [7, 11) is -4.27. The Bertz CT molecular complexity index is 809. The Balaban J connectivity index is 1.94. The van der Waals surface area contributed by atoms with E-state index in [1.54, 1.807) is 0 Å². The number of anilines is 1. The summed E-state index contributed by atoms with van der Waals surface area (Å²) >= 11 is 0. The van der Waals surface area contributed by atoms with Crippen molar-refractivity contribution in [3.8, 4) is 0 Å². The fraction of sp³-hybridized carbons (Fsp3) is 0.852. The standard InChI is InChI=1S/C27H52N3O7P/c1-2-3-4-5-6-7-8-9-10-11-12-13-14-15-19-35-20-16-21-36-38(33,34)37-24-25(23-31)22-30-18-17-26(28)29-27(30)32/h17-18,25,31H,2-16,19-24H2,1H3,(H,33,34)(H2,28,29,32)/t25-/m0/s1. The molecule has 222 valence electrons. The number of nitrogen functional groups attached to an aromatic ring is 1. The first-order valence-electron chi connectivity index (χ1n) is 14.5. The van der Waals surface area contributed by atoms with Crippen molar-refractivity contribution in [2.24, 2.45) is 5.92 Å². The van der Waals surface area contributed by atoms with E-state index < -0.39 is 19.4 Å². The van der Waals surface area contributed by atoms with Crippen molar-refractivity contribution < 1.29 is 28.3 Å². The van der Waals surface area contributed by atoms with E-state index in [-0.39, 0.29) is 32.2 Å². The molecule has 1 heterocycles. The van der Waals surface area contributed by atoms with Gasteiger partial charge in [0.25, 0.3) is 0 Å². The number of hydrogen-bond donors (Lipinski definition) is 3. The van der Waals surface area contributed by atoms with Gasteiger partial charge in [-0.15, -0.1) is 0 Å². The van der Waals surface area contributed by atoms with Gasteiger partial charge in [-0.1, -0.05) is 90.4 Å². The third-order valence-electron chi connectivity index (χ3n) is 6.41. The van der Waals surface area contributed by atoms with Gasteiger partial charge in [0.05, 0.1) is 13.2 Å². The molecular weight excluding hydrogens is 509 g/mol. The van der Waals surface area contributed by atoms with Crippen molar-refractivity contribution in [1.82, 2.24) is 9.55 Å². The number of aliphatic hydroxyl groups is 1. The number of aliphatic hydroxyl groups excluding tert-OH is 1. The normalized spacial score (nSPS) is 14.0. The molecule has 0 bridgehead atoms. The fourth-order valence-corrected chi connectivity index (χ4v) is 4.93. The number of unbranched alkanes of at least 4 members (excludes halogenated alkanes) is 13. The van der Waals surface area contributed by atoms with Gasteiger partial charge in [-0.05, 0) is 18.9 Å². The highest BCUT2D eigenvalue weighted by atomic mass is 31.2. The third-order valence-corrected chi connectivity index (χ3v) is 7.40. The summed E-state index contributed by atoms with van der Waals surface area (Å²) < 4.78 is 28.9. The van der Waals surface area contributed by atoms with E-state index in [0.29, 0.717) is 19.6 Å². The lowest BCUT2D eigenvalue weighted by Crippen LogP contribution is -2.29. The Kier molecular flexibility index (Phi) is 20.6. The monoisotopic (exact) mass is 561 g/mol. The lowest BCUT2D eigenvalue weighted by Gasteiger charge is -2.18. The number of ether oxygens (including phenoxy) is 1. The SMILES string of the molecule is CCCCCCCCCCCCCCCCOCCCOP(=O)(O)OC[C@H](CO)Cn1ccc(N)nc1=O. The fourth-order valence-electron chi connectivity index (χ4n) is 4.10. The summed E-state index contributed by atoms with van der Waals surface area (Å²) in [5.41, 5.74) is 4.89. The number of nitrogens with two attached hydrogens (primary N) is 1. The van der Waals surface area contributed by atoms with Crippen molar-refractivity contribution in [3.63, 3.8) is 0 Å². The molecule has 1 unspecified atom stereocenters. The molecule has 4 N–H and O–H groups in total. The molecule has 1 rings (SSSR count). The van der Waals surface area contributed by atoms with Crippen LogP contribution in [0.1, 0.15) is 103 Å². The zero-order valence-corrected chi connectivity index (χ0v) is 24.3. The third kappa shape index (κ3) is 18.9. The minimum absolute atomic E-state index is 0.0254. The molecule has 11 heteroatoms. The number of nitrogens with zero attached hydrogens (tertiary/aromatic N) is 2. The van der Waals surface area contributed by atoms with Crippen LogP contribution in [0.3, 0.4) is 0 Å². The van der Waals surface area contributed by atoms with E-state index in [1.165, 1.54) is 93.9 Å². The van der Waals surface area contributed by atoms with E-state index in [0.717, 1.165) is 12.8 Å². The highest BCUT2D eigenvalue weighted by Gasteiger charge is 2.23. The van der Waals surface area contributed by atoms with Gasteiger partial charge in [-0.25, -0.2) is 9.36 Å². The number of aromatic nitrogens is 2. The van der Waals surface area contributed by atoms with Crippen LogP contribution in [-0.2, 0) is 24.9 Å². The number of phosphoric ester groups is 1. The van der Waals surface area contributed by atoms with Crippen LogP contribution in [0.4, 0.5) is 5.82 Å². The zero-order valence-electron chi connectivity index (χ0n) is 23.4. The van der Waals surface area contributed by atoms with Gasteiger partial charge in [0.15, 0.2) is 0 Å². The molecule has 0 fully saturated rings. The molecular formula is C27H52N3O7P. The number of hydrogen-bond acceptors (Lipinski definition) is 8. The van der Waals surface area contributed by atoms with Crippen LogP contribution in [0.5, 0.6) is 0 Å². The van der Waals surface area contributed by atoms with Crippen LogP contribution in [0.15, 0.2) is 17.1 Å². The van der Waals surface area contributed by atoms with Gasteiger partial charge in [-0.2, -0.15) is 4.98 Å². The number of rotatable bonds is 26. The summed E-state index contributed by atoms with van der Waals surface area (Å²) in [5, 5.41) is 9.51. The summed E-state index contributed by atoms with van der Waals surface area (Å²) in [6.07, 6.45) is 20.4. The first-order chi connectivity index (χ1) is 18.4. The molecule has 0 aliphatic rings. The summed E-state index contributed by atoms with van der Waals surface area (Å²) in [6, 6.07) is 1.46. The van der Waals surface area contributed by atoms with Crippen molar-refractivity contribution in [1.29, 1.82) is 0 Å². The molecule has 0 amide bonds. The quantitative estimate of drug-likeness (QED) is 0.0991. The molecule has 0 aliphatic carbocycles. The van der Waals surface area contributed by atoms with Crippen molar-refractivity contribution in [2.45, 2.75) is 110 Å². The predicted octanol–water partition coefficient (Wildman–Crippen LogP) is 5.46. The lowest BCUT2D eigenvalue weighted by atomic mass is 10.0. The molecule has 0 saturated heterocycles. The predicted molar refractivity (Wildman–Crippen MR) is 151 cm³/mol. The Hall–Kier alpha value is -1.29. The summed E-state index contributed by atoms with van der Waals surface area (Å²) in [6.45, 7) is 2.89. The second-order valence-electron chi connectivity index (χ2n) is 10.00. The van der Waals surface area contributed by atoms with Gasteiger partial charge in [0, 0.05) is 38.5 Å². The Labute approximate surface area is 228 Å². The van der Waals surface area contributed by atoms with Crippen molar-refractivity contribution >= 4 is 13.6 Å². The van der Waals surface area contributed by atoms with Gasteiger partial charge in [-0.3, -0.25) is 13.6 Å². The highest BCUT2D eigenvalue weighted by molar-refractivity contribution is 7.47. The van der Waals surface area contributed by atoms with Crippen LogP contribution >= 0.6 is 7.82 Å². The maximum absolute atomic E-state index is 12.1. The molecule has 2 atom stereocenters. The average molecular weight is 562 g/mol. The molecule has 0 aromatic carbocycles. The molecule has 0 radical (unpaired) electrons. The molecule has 0 saturated carbocycles. The van der Waals surface area contributed by atoms with Crippen LogP contribution in [-0.4, -0.2) is 52.6 Å². The largest absolute Gasteiger partial charge is 0.472 e. The molecule has 1 aromatic heterocycles. The van der Waals surface area contributed by atoms with Crippen molar-refractivity contribution in [3.05, 3.63) is 22.7 Å². The minimum Gasteiger partial charge on any atom is -0.396 e. The maximum Gasteiger partial charge on any atom is 0.472 e. The first-order valence-corrected chi connectivity index (χ1v) is 16.0. The first kappa shape index (κ1) is 34.7. The van der Waals surface area contributed by atoms with E-state index in [9.17, 15) is 19.4 Å². The molecule has 0 spiro atoms. The smallest absolute Gasteiger partial charge is 0.396 e. The van der Waals surface area contributed by atoms with E-state index in [2.05, 4.69) is 11.9 Å². The lowest BCUT2D eigenvalue weighted by molar-refractivity contribution is 0.0857. The Morgan fingerprint density at radius 2 is 1.45 bits per heavy atom. The van der Waals surface area contributed by atoms with Gasteiger partial charge >= 0.3 is 13.5 Å². The minimum atomic E-state index is -4.27. The Morgan fingerprint density at radius 1 is 0.895 bits per heavy atom. The topological polar surface area (TPSA) is 146 Å². The van der Waals surface area contributed by atoms with Crippen LogP contribution in [0, 0.1) is 5.92 Å². The maximum atomic E-state index is 12.1. The van der Waals surface area contributed by atoms with E-state index >= 15 is 0 Å². The zero-order chi connectivity index (χ0) is 27.9. The van der Waals surface area contributed by atoms with E-state index in [4.69, 9.17) is 19.5 Å². The summed E-state index contributed by atoms with van der Waals surface area (Å²) in [4.78, 5) is 25.3. The van der Waals surface area contributed by atoms with Crippen molar-refractivity contribution in [2.75, 3.05) is 38.8 Å². The summed E-state index contributed by atoms with van der Waals surface area (Å²) in [5.74, 6) is -0.490. The van der Waals surface area contributed by atoms with Gasteiger partial charge in [0.2, 0.25) is 0 Å². The Morgan fingerprint density at radius 3 is 2.00 bits per heavy atom. The van der Waals surface area contributed by atoms with E-state index in [1.807, 2.05) is 0 Å². The second-order valence-corrected chi connectivity index (χ2v) is 11.4. The van der Waals surface area contributed by atoms with Gasteiger partial charge in [0.1, 0.15) is 5.82 Å². The van der Waals surface area contributed by atoms with Crippen LogP contribution < -0.4 is 11.4 Å². The average Bonchev–Trinajstić information content (AvgIpc) is 2.89. The molecule has 10 nitrogen and oxygen atoms in total. The van der Waals surface area contributed by atoms with Crippen LogP contribution in [0.25, 0.3) is 0 Å². The highest BCUT2D eigenvalue weighted by Crippen LogP contribution is 2.43. The van der Waals surface area contributed by atoms with Gasteiger partial charge < -0.3 is 20.5 Å².